The molecule has 0 nitrogen and oxygen atoms in total. The molecule has 0 aromatic heterocycles. The number of hydrogen-bond donors (Lipinski definition) is 0. The molecule has 0 saturated heterocycles. The minimum Gasteiger partial charge on any atom is -0.153 e. The Balaban J connectivity index is 1.95. The molecule has 1 atom stereocenters. The summed E-state index contributed by atoms with van der Waals surface area (Å²) in [5, 5.41) is 0. The van der Waals surface area contributed by atoms with Crippen LogP contribution in [0.1, 0.15) is 46.5 Å². The number of hydrogen-bond acceptors (Lipinski definition) is 1. The van der Waals surface area contributed by atoms with E-state index in [0.717, 1.165) is 5.92 Å². The van der Waals surface area contributed by atoms with Crippen LogP contribution in [0.5, 0.6) is 0 Å². The third-order valence-electron chi connectivity index (χ3n) is 4.28. The lowest BCUT2D eigenvalue weighted by Gasteiger charge is -2.38. The zero-order valence-electron chi connectivity index (χ0n) is 10.9. The highest BCUT2D eigenvalue weighted by Crippen LogP contribution is 2.44. The first kappa shape index (κ1) is 12.3. The van der Waals surface area contributed by atoms with Gasteiger partial charge in [0.05, 0.1) is 0 Å². The van der Waals surface area contributed by atoms with Crippen LogP contribution in [-0.4, -0.2) is 11.5 Å². The minimum absolute atomic E-state index is 0.519. The van der Waals surface area contributed by atoms with Gasteiger partial charge >= 0.3 is 0 Å². The van der Waals surface area contributed by atoms with Gasteiger partial charge in [-0.25, -0.2) is 0 Å². The maximum Gasteiger partial charge on any atom is 0.0146 e. The Morgan fingerprint density at radius 2 is 2.19 bits per heavy atom. The van der Waals surface area contributed by atoms with Crippen LogP contribution in [0, 0.1) is 11.3 Å². The number of thioether (sulfide) groups is 1. The molecule has 0 aromatic rings. The second-order valence-corrected chi connectivity index (χ2v) is 6.97. The quantitative estimate of drug-likeness (QED) is 0.633. The SMILES string of the molecule is CC1=CCCC(C)(C)C1CCC1=CCSC1. The van der Waals surface area contributed by atoms with Gasteiger partial charge in [-0.2, -0.15) is 11.8 Å². The number of rotatable bonds is 3. The molecular weight excluding hydrogens is 212 g/mol. The Morgan fingerprint density at radius 3 is 2.81 bits per heavy atom. The van der Waals surface area contributed by atoms with Gasteiger partial charge in [0.2, 0.25) is 0 Å². The molecule has 0 N–H and O–H groups in total. The fourth-order valence-corrected chi connectivity index (χ4v) is 4.15. The summed E-state index contributed by atoms with van der Waals surface area (Å²) in [6.45, 7) is 7.24. The van der Waals surface area contributed by atoms with Crippen molar-refractivity contribution in [3.8, 4) is 0 Å². The average molecular weight is 236 g/mol. The highest BCUT2D eigenvalue weighted by molar-refractivity contribution is 7.99. The fourth-order valence-electron chi connectivity index (χ4n) is 3.15. The van der Waals surface area contributed by atoms with Crippen LogP contribution in [0.15, 0.2) is 23.3 Å². The van der Waals surface area contributed by atoms with Crippen LogP contribution in [0.4, 0.5) is 0 Å². The van der Waals surface area contributed by atoms with Gasteiger partial charge in [0.25, 0.3) is 0 Å². The second kappa shape index (κ2) is 5.00. The van der Waals surface area contributed by atoms with Gasteiger partial charge in [-0.05, 0) is 43.9 Å². The molecule has 90 valence electrons. The summed E-state index contributed by atoms with van der Waals surface area (Å²) in [5.74, 6) is 3.35. The maximum atomic E-state index is 2.47. The van der Waals surface area contributed by atoms with Crippen molar-refractivity contribution in [2.45, 2.75) is 46.5 Å². The summed E-state index contributed by atoms with van der Waals surface area (Å²) in [7, 11) is 0. The molecule has 0 fully saturated rings. The van der Waals surface area contributed by atoms with Gasteiger partial charge in [0, 0.05) is 11.5 Å². The predicted molar refractivity (Wildman–Crippen MR) is 74.9 cm³/mol. The van der Waals surface area contributed by atoms with E-state index in [1.165, 1.54) is 37.2 Å². The molecule has 0 saturated carbocycles. The van der Waals surface area contributed by atoms with Crippen molar-refractivity contribution in [1.29, 1.82) is 0 Å². The molecule has 1 heteroatoms. The topological polar surface area (TPSA) is 0 Å². The van der Waals surface area contributed by atoms with Gasteiger partial charge in [-0.3, -0.25) is 0 Å². The zero-order valence-corrected chi connectivity index (χ0v) is 11.7. The number of allylic oxidation sites excluding steroid dienone is 2. The third kappa shape index (κ3) is 2.74. The van der Waals surface area contributed by atoms with Crippen molar-refractivity contribution in [1.82, 2.24) is 0 Å². The molecule has 0 spiro atoms. The third-order valence-corrected chi connectivity index (χ3v) is 5.26. The Hall–Kier alpha value is -0.170. The Labute approximate surface area is 105 Å². The monoisotopic (exact) mass is 236 g/mol. The fraction of sp³-hybridized carbons (Fsp3) is 0.733. The summed E-state index contributed by atoms with van der Waals surface area (Å²) in [4.78, 5) is 0. The molecular formula is C15H24S. The molecule has 1 heterocycles. The molecule has 0 amide bonds. The first-order valence-electron chi connectivity index (χ1n) is 6.52. The lowest BCUT2D eigenvalue weighted by atomic mass is 9.67. The van der Waals surface area contributed by atoms with Gasteiger partial charge in [0.1, 0.15) is 0 Å². The van der Waals surface area contributed by atoms with Crippen molar-refractivity contribution < 1.29 is 0 Å². The zero-order chi connectivity index (χ0) is 11.6. The van der Waals surface area contributed by atoms with Gasteiger partial charge in [0.15, 0.2) is 0 Å². The second-order valence-electron chi connectivity index (χ2n) is 5.94. The molecule has 2 rings (SSSR count). The van der Waals surface area contributed by atoms with E-state index < -0.39 is 0 Å². The van der Waals surface area contributed by atoms with E-state index in [-0.39, 0.29) is 0 Å². The van der Waals surface area contributed by atoms with E-state index in [1.807, 2.05) is 0 Å². The van der Waals surface area contributed by atoms with E-state index >= 15 is 0 Å². The first-order valence-corrected chi connectivity index (χ1v) is 7.67. The molecule has 0 radical (unpaired) electrons. The largest absolute Gasteiger partial charge is 0.153 e. The van der Waals surface area contributed by atoms with Crippen molar-refractivity contribution in [3.05, 3.63) is 23.3 Å². The summed E-state index contributed by atoms with van der Waals surface area (Å²) < 4.78 is 0. The summed E-state index contributed by atoms with van der Waals surface area (Å²) >= 11 is 2.06. The van der Waals surface area contributed by atoms with Gasteiger partial charge in [-0.15, -0.1) is 0 Å². The highest BCUT2D eigenvalue weighted by atomic mass is 32.2. The summed E-state index contributed by atoms with van der Waals surface area (Å²) in [6.07, 6.45) is 10.2. The molecule has 0 bridgehead atoms. The summed E-state index contributed by atoms with van der Waals surface area (Å²) in [6, 6.07) is 0. The Kier molecular flexibility index (Phi) is 3.84. The molecule has 1 aliphatic carbocycles. The predicted octanol–water partition coefficient (Wildman–Crippen LogP) is 4.82. The standard InChI is InChI=1S/C15H24S/c1-12-5-4-9-15(2,3)14(12)7-6-13-8-10-16-11-13/h5,8,14H,4,6-7,9-11H2,1-3H3. The van der Waals surface area contributed by atoms with E-state index in [4.69, 9.17) is 0 Å². The maximum absolute atomic E-state index is 2.47. The Morgan fingerprint density at radius 1 is 1.38 bits per heavy atom. The first-order chi connectivity index (χ1) is 7.59. The van der Waals surface area contributed by atoms with Crippen molar-refractivity contribution in [3.63, 3.8) is 0 Å². The van der Waals surface area contributed by atoms with Crippen LogP contribution >= 0.6 is 11.8 Å². The van der Waals surface area contributed by atoms with E-state index in [2.05, 4.69) is 44.7 Å². The van der Waals surface area contributed by atoms with Crippen molar-refractivity contribution in [2.75, 3.05) is 11.5 Å². The van der Waals surface area contributed by atoms with Crippen molar-refractivity contribution in [2.24, 2.45) is 11.3 Å². The van der Waals surface area contributed by atoms with Crippen LogP contribution in [-0.2, 0) is 0 Å². The van der Waals surface area contributed by atoms with Gasteiger partial charge < -0.3 is 0 Å². The van der Waals surface area contributed by atoms with Crippen LogP contribution in [0.3, 0.4) is 0 Å². The van der Waals surface area contributed by atoms with Crippen molar-refractivity contribution >= 4 is 11.8 Å². The van der Waals surface area contributed by atoms with Gasteiger partial charge in [-0.1, -0.05) is 37.1 Å². The van der Waals surface area contributed by atoms with E-state index in [0.29, 0.717) is 5.41 Å². The van der Waals surface area contributed by atoms with Crippen LogP contribution in [0.25, 0.3) is 0 Å². The molecule has 2 aliphatic rings. The normalized spacial score (nSPS) is 28.8. The highest BCUT2D eigenvalue weighted by Gasteiger charge is 2.32. The summed E-state index contributed by atoms with van der Waals surface area (Å²) in [5.41, 5.74) is 3.85. The molecule has 16 heavy (non-hydrogen) atoms. The van der Waals surface area contributed by atoms with E-state index in [9.17, 15) is 0 Å². The lowest BCUT2D eigenvalue weighted by Crippen LogP contribution is -2.27. The smallest absolute Gasteiger partial charge is 0.0146 e. The lowest BCUT2D eigenvalue weighted by molar-refractivity contribution is 0.204. The molecule has 1 unspecified atom stereocenters. The minimum atomic E-state index is 0.519. The molecule has 1 aliphatic heterocycles. The van der Waals surface area contributed by atoms with Crippen LogP contribution in [0.2, 0.25) is 0 Å². The molecule has 0 aromatic carbocycles. The average Bonchev–Trinajstić information content (AvgIpc) is 2.68. The van der Waals surface area contributed by atoms with E-state index in [1.54, 1.807) is 11.1 Å². The van der Waals surface area contributed by atoms with Crippen LogP contribution < -0.4 is 0 Å². The Bertz CT molecular complexity index is 309.